The van der Waals surface area contributed by atoms with Gasteiger partial charge in [-0.1, -0.05) is 66.0 Å². The molecule has 1 unspecified atom stereocenters. The number of benzene rings is 2. The molecule has 32 heavy (non-hydrogen) atoms. The maximum atomic E-state index is 13.1. The molecule has 2 heterocycles. The molecule has 0 aliphatic carbocycles. The van der Waals surface area contributed by atoms with E-state index in [4.69, 9.17) is 40.1 Å². The second-order valence-corrected chi connectivity index (χ2v) is 8.84. The van der Waals surface area contributed by atoms with Gasteiger partial charge >= 0.3 is 0 Å². The van der Waals surface area contributed by atoms with E-state index in [-0.39, 0.29) is 11.8 Å². The molecule has 10 heteroatoms. The lowest BCUT2D eigenvalue weighted by Gasteiger charge is -2.27. The Bertz CT molecular complexity index is 1020. The van der Waals surface area contributed by atoms with Gasteiger partial charge in [-0.2, -0.15) is 10.4 Å². The predicted molar refractivity (Wildman–Crippen MR) is 134 cm³/mol. The largest absolute Gasteiger partial charge is 0.284 e. The van der Waals surface area contributed by atoms with E-state index < -0.39 is 0 Å². The zero-order valence-electron chi connectivity index (χ0n) is 17.1. The van der Waals surface area contributed by atoms with Crippen LogP contribution in [0.25, 0.3) is 0 Å². The molecule has 168 valence electrons. The molecule has 1 atom stereocenters. The van der Waals surface area contributed by atoms with E-state index in [0.29, 0.717) is 27.3 Å². The third-order valence-corrected chi connectivity index (χ3v) is 6.01. The Balaban J connectivity index is 0.000000913. The molecule has 1 N–H and O–H groups in total. The number of carbonyl (C=O) groups is 1. The number of thiol groups is 1. The molecule has 2 aliphatic heterocycles. The normalized spacial score (nSPS) is 18.3. The van der Waals surface area contributed by atoms with Crippen LogP contribution in [0, 0.1) is 10.7 Å². The van der Waals surface area contributed by atoms with Crippen LogP contribution in [0.5, 0.6) is 0 Å². The summed E-state index contributed by atoms with van der Waals surface area (Å²) >= 11 is 21.6. The van der Waals surface area contributed by atoms with Crippen molar-refractivity contribution >= 4 is 64.7 Å². The Morgan fingerprint density at radius 3 is 2.31 bits per heavy atom. The van der Waals surface area contributed by atoms with Crippen LogP contribution >= 0.6 is 47.4 Å². The van der Waals surface area contributed by atoms with Crippen molar-refractivity contribution in [3.63, 3.8) is 0 Å². The molecule has 0 bridgehead atoms. The topological polar surface area (TPSA) is 71.7 Å². The number of amides is 1. The van der Waals surface area contributed by atoms with E-state index in [2.05, 4.69) is 23.2 Å². The molecule has 2 aromatic rings. The van der Waals surface area contributed by atoms with E-state index in [1.807, 2.05) is 35.3 Å². The summed E-state index contributed by atoms with van der Waals surface area (Å²) in [5.74, 6) is -0.372. The van der Waals surface area contributed by atoms with E-state index >= 15 is 0 Å². The molecule has 6 nitrogen and oxygen atoms in total. The van der Waals surface area contributed by atoms with Gasteiger partial charge in [0.2, 0.25) is 0 Å². The summed E-state index contributed by atoms with van der Waals surface area (Å²) in [6.07, 6.45) is 3.36. The highest BCUT2D eigenvalue weighted by Crippen LogP contribution is 2.35. The lowest BCUT2D eigenvalue weighted by molar-refractivity contribution is -0.119. The Morgan fingerprint density at radius 1 is 1.06 bits per heavy atom. The van der Waals surface area contributed by atoms with Crippen molar-refractivity contribution in [1.29, 1.82) is 5.26 Å². The van der Waals surface area contributed by atoms with Crippen LogP contribution in [0.15, 0.2) is 47.6 Å². The first-order chi connectivity index (χ1) is 15.4. The first-order valence-electron chi connectivity index (χ1n) is 10.1. The summed E-state index contributed by atoms with van der Waals surface area (Å²) in [6.45, 7) is 2.22. The summed E-state index contributed by atoms with van der Waals surface area (Å²) in [4.78, 5) is 13.1. The number of hydrogen-bond donors (Lipinski definition) is 2. The van der Waals surface area contributed by atoms with Gasteiger partial charge < -0.3 is 0 Å². The highest BCUT2D eigenvalue weighted by Gasteiger charge is 2.34. The highest BCUT2D eigenvalue weighted by atomic mass is 35.5. The molecule has 0 spiro atoms. The van der Waals surface area contributed by atoms with Gasteiger partial charge in [-0.25, -0.2) is 5.01 Å². The van der Waals surface area contributed by atoms with Crippen LogP contribution in [0.1, 0.15) is 30.7 Å². The number of nitrogens with zero attached hydrogens (tertiary/aromatic N) is 4. The molecule has 0 saturated carbocycles. The highest BCUT2D eigenvalue weighted by molar-refractivity contribution is 7.85. The molecular weight excluding hydrogens is 489 g/mol. The fourth-order valence-corrected chi connectivity index (χ4v) is 4.34. The summed E-state index contributed by atoms with van der Waals surface area (Å²) in [5, 5.41) is 18.7. The number of hydrogen-bond acceptors (Lipinski definition) is 6. The number of rotatable bonds is 4. The first kappa shape index (κ1) is 24.7. The van der Waals surface area contributed by atoms with Crippen LogP contribution in [0.3, 0.4) is 0 Å². The second-order valence-electron chi connectivity index (χ2n) is 7.36. The molecule has 0 aromatic heterocycles. The zero-order valence-corrected chi connectivity index (χ0v) is 20.3. The minimum atomic E-state index is -0.191. The average molecular weight is 511 g/mol. The molecule has 2 aromatic carbocycles. The second kappa shape index (κ2) is 11.8. The van der Waals surface area contributed by atoms with Gasteiger partial charge in [0.25, 0.3) is 5.91 Å². The molecule has 0 radical (unpaired) electrons. The Hall–Kier alpha value is -1.95. The average Bonchev–Trinajstić information content (AvgIpc) is 3.21. The van der Waals surface area contributed by atoms with Crippen molar-refractivity contribution < 1.29 is 4.79 Å². The fourth-order valence-electron chi connectivity index (χ4n) is 3.71. The van der Waals surface area contributed by atoms with E-state index in [0.717, 1.165) is 37.2 Å². The fraction of sp³-hybridized carbons (Fsp3) is 0.318. The molecule has 1 saturated heterocycles. The van der Waals surface area contributed by atoms with Crippen LogP contribution in [-0.2, 0) is 4.79 Å². The van der Waals surface area contributed by atoms with Gasteiger partial charge in [-0.15, -0.1) is 0 Å². The third kappa shape index (κ3) is 6.31. The number of anilines is 1. The maximum absolute atomic E-state index is 13.1. The molecule has 4 rings (SSSR count). The van der Waals surface area contributed by atoms with Crippen LogP contribution in [-0.4, -0.2) is 36.3 Å². The smallest absolute Gasteiger partial charge is 0.282 e. The van der Waals surface area contributed by atoms with Gasteiger partial charge in [0, 0.05) is 23.1 Å². The summed E-state index contributed by atoms with van der Waals surface area (Å²) < 4.78 is 0. The van der Waals surface area contributed by atoms with Gasteiger partial charge in [0.1, 0.15) is 11.1 Å². The van der Waals surface area contributed by atoms with Crippen molar-refractivity contribution in [3.8, 4) is 5.40 Å². The summed E-state index contributed by atoms with van der Waals surface area (Å²) in [5.41, 5.74) is 5.19. The van der Waals surface area contributed by atoms with Crippen molar-refractivity contribution in [2.24, 2.45) is 5.10 Å². The van der Waals surface area contributed by atoms with E-state index in [9.17, 15) is 4.79 Å². The summed E-state index contributed by atoms with van der Waals surface area (Å²) in [7, 11) is 0. The number of piperidine rings is 1. The number of nitriles is 1. The zero-order chi connectivity index (χ0) is 23.1. The Morgan fingerprint density at radius 2 is 1.69 bits per heavy atom. The van der Waals surface area contributed by atoms with Crippen molar-refractivity contribution in [1.82, 2.24) is 10.4 Å². The monoisotopic (exact) mass is 509 g/mol. The SMILES string of the molecule is N#CS.O=C(NN1CCCCC1)C1=NN(c2ccc(Cl)cc2Cl)CC1c1ccc(Cl)cc1. The number of nitrogens with one attached hydrogen (secondary N) is 1. The van der Waals surface area contributed by atoms with Crippen molar-refractivity contribution in [3.05, 3.63) is 63.1 Å². The minimum Gasteiger partial charge on any atom is -0.284 e. The van der Waals surface area contributed by atoms with Crippen LogP contribution < -0.4 is 10.4 Å². The van der Waals surface area contributed by atoms with Gasteiger partial charge in [0.05, 0.1) is 23.2 Å². The van der Waals surface area contributed by atoms with Crippen LogP contribution in [0.4, 0.5) is 5.69 Å². The molecular formula is C22H22Cl3N5OS. The van der Waals surface area contributed by atoms with E-state index in [1.54, 1.807) is 17.1 Å². The van der Waals surface area contributed by atoms with E-state index in [1.165, 1.54) is 11.8 Å². The quantitative estimate of drug-likeness (QED) is 0.420. The lowest BCUT2D eigenvalue weighted by Crippen LogP contribution is -2.48. The third-order valence-electron chi connectivity index (χ3n) is 5.22. The first-order valence-corrected chi connectivity index (χ1v) is 11.7. The number of carbonyl (C=O) groups excluding carboxylic acids is 1. The standard InChI is InChI=1S/C21H21Cl3N4O.CHNS/c22-15-6-4-14(5-7-15)17-13-28(19-9-8-16(23)12-18(19)24)25-20(17)21(29)26-27-10-2-1-3-11-27;2-1-3/h4-9,12,17H,1-3,10-11,13H2,(H,26,29);3H. The maximum Gasteiger partial charge on any atom is 0.282 e. The predicted octanol–water partition coefficient (Wildman–Crippen LogP) is 5.52. The summed E-state index contributed by atoms with van der Waals surface area (Å²) in [6, 6.07) is 12.8. The number of thiocyanates is 1. The molecule has 2 aliphatic rings. The van der Waals surface area contributed by atoms with Crippen molar-refractivity contribution in [2.75, 3.05) is 24.6 Å². The number of hydrazine groups is 1. The Labute approximate surface area is 208 Å². The minimum absolute atomic E-state index is 0.181. The van der Waals surface area contributed by atoms with Gasteiger partial charge in [0.15, 0.2) is 0 Å². The lowest BCUT2D eigenvalue weighted by atomic mass is 9.94. The Kier molecular flexibility index (Phi) is 9.09. The van der Waals surface area contributed by atoms with Crippen molar-refractivity contribution in [2.45, 2.75) is 25.2 Å². The number of halogens is 3. The molecule has 1 fully saturated rings. The molecule has 1 amide bonds. The van der Waals surface area contributed by atoms with Gasteiger partial charge in [-0.05, 0) is 48.7 Å². The van der Waals surface area contributed by atoms with Crippen LogP contribution in [0.2, 0.25) is 15.1 Å². The van der Waals surface area contributed by atoms with Gasteiger partial charge in [-0.3, -0.25) is 15.2 Å². The number of hydrazone groups is 1.